The van der Waals surface area contributed by atoms with Crippen molar-refractivity contribution >= 4 is 61.3 Å². The van der Waals surface area contributed by atoms with Gasteiger partial charge in [0, 0.05) is 48.2 Å². The van der Waals surface area contributed by atoms with E-state index in [1.807, 2.05) is 46.4 Å². The van der Waals surface area contributed by atoms with E-state index < -0.39 is 11.9 Å². The molecule has 1 atom stereocenters. The van der Waals surface area contributed by atoms with Crippen molar-refractivity contribution in [2.75, 3.05) is 12.4 Å². The second-order valence-electron chi connectivity index (χ2n) is 11.1. The molecule has 48 heavy (non-hydrogen) atoms. The Bertz CT molecular complexity index is 2250. The molecule has 9 nitrogen and oxygen atoms in total. The van der Waals surface area contributed by atoms with Crippen molar-refractivity contribution in [1.82, 2.24) is 24.6 Å². The van der Waals surface area contributed by atoms with Gasteiger partial charge < -0.3 is 15.5 Å². The third-order valence-electron chi connectivity index (χ3n) is 7.75. The molecule has 0 aliphatic rings. The van der Waals surface area contributed by atoms with Crippen LogP contribution >= 0.6 is 22.7 Å². The van der Waals surface area contributed by atoms with E-state index in [4.69, 9.17) is 0 Å². The van der Waals surface area contributed by atoms with Gasteiger partial charge in [-0.15, -0.1) is 22.7 Å². The maximum absolute atomic E-state index is 13.6. The molecular weight excluding hydrogens is 648 g/mol. The number of anilines is 1. The first-order chi connectivity index (χ1) is 23.3. The number of hydrogen-bond donors (Lipinski definition) is 2. The predicted octanol–water partition coefficient (Wildman–Crippen LogP) is 7.19. The van der Waals surface area contributed by atoms with Crippen LogP contribution in [0.25, 0.3) is 26.4 Å². The molecule has 7 aromatic rings. The minimum Gasteiger partial charge on any atom is -0.339 e. The Kier molecular flexibility index (Phi) is 8.49. The summed E-state index contributed by atoms with van der Waals surface area (Å²) in [6.45, 7) is 0.235. The lowest BCUT2D eigenvalue weighted by Crippen LogP contribution is -2.41. The maximum atomic E-state index is 13.6. The minimum absolute atomic E-state index is 0.175. The fourth-order valence-corrected chi connectivity index (χ4v) is 6.96. The SMILES string of the molecule is CN(Cc1ccc(F)cc1)C(=O)C(NC(=O)c1nc2ccc(NC(=O)c3ccccc3-c3cn4ccsc4n3)cc2s1)c1ccccc1. The minimum atomic E-state index is -0.975. The molecule has 0 spiro atoms. The molecule has 0 radical (unpaired) electrons. The number of fused-ring (bicyclic) bond motifs is 2. The number of amides is 3. The van der Waals surface area contributed by atoms with Gasteiger partial charge in [-0.1, -0.05) is 60.7 Å². The van der Waals surface area contributed by atoms with Crippen molar-refractivity contribution in [3.8, 4) is 11.3 Å². The fourth-order valence-electron chi connectivity index (χ4n) is 5.35. The van der Waals surface area contributed by atoms with Crippen LogP contribution in [0, 0.1) is 5.82 Å². The summed E-state index contributed by atoms with van der Waals surface area (Å²) in [5.74, 6) is -1.49. The van der Waals surface area contributed by atoms with Gasteiger partial charge in [-0.3, -0.25) is 18.8 Å². The van der Waals surface area contributed by atoms with Crippen molar-refractivity contribution < 1.29 is 18.8 Å². The van der Waals surface area contributed by atoms with Gasteiger partial charge in [-0.05, 0) is 47.5 Å². The number of thiazole rings is 2. The number of likely N-dealkylation sites (N-methyl/N-ethyl adjacent to an activating group) is 1. The zero-order chi connectivity index (χ0) is 33.2. The van der Waals surface area contributed by atoms with Gasteiger partial charge in [0.15, 0.2) is 9.97 Å². The van der Waals surface area contributed by atoms with Gasteiger partial charge in [-0.25, -0.2) is 14.4 Å². The molecule has 0 saturated carbocycles. The lowest BCUT2D eigenvalue weighted by Gasteiger charge is -2.25. The quantitative estimate of drug-likeness (QED) is 0.169. The highest BCUT2D eigenvalue weighted by Gasteiger charge is 2.27. The zero-order valence-electron chi connectivity index (χ0n) is 25.5. The van der Waals surface area contributed by atoms with E-state index in [9.17, 15) is 18.8 Å². The van der Waals surface area contributed by atoms with Crippen LogP contribution in [0.1, 0.15) is 37.3 Å². The van der Waals surface area contributed by atoms with Gasteiger partial charge in [0.05, 0.1) is 15.9 Å². The van der Waals surface area contributed by atoms with Crippen molar-refractivity contribution in [2.24, 2.45) is 0 Å². The number of nitrogens with zero attached hydrogens (tertiary/aromatic N) is 4. The Morgan fingerprint density at radius 2 is 1.69 bits per heavy atom. The van der Waals surface area contributed by atoms with Crippen LogP contribution in [0.15, 0.2) is 115 Å². The van der Waals surface area contributed by atoms with E-state index in [2.05, 4.69) is 20.6 Å². The average Bonchev–Trinajstić information content (AvgIpc) is 3.84. The Morgan fingerprint density at radius 1 is 0.917 bits per heavy atom. The largest absolute Gasteiger partial charge is 0.339 e. The Hall–Kier alpha value is -5.72. The first-order valence-corrected chi connectivity index (χ1v) is 16.6. The van der Waals surface area contributed by atoms with E-state index in [0.717, 1.165) is 27.4 Å². The summed E-state index contributed by atoms with van der Waals surface area (Å²) in [6, 6.07) is 26.5. The number of benzene rings is 4. The lowest BCUT2D eigenvalue weighted by atomic mass is 10.0. The highest BCUT2D eigenvalue weighted by atomic mass is 32.1. The summed E-state index contributed by atoms with van der Waals surface area (Å²) in [6.07, 6.45) is 3.82. The number of imidazole rings is 1. The van der Waals surface area contributed by atoms with Crippen LogP contribution in [0.2, 0.25) is 0 Å². The standard InChI is InChI=1S/C36H27FN6O3S2/c1-42(20-22-11-13-24(37)14-12-22)35(46)31(23-7-3-2-4-8-23)41-33(45)34-39-28-16-15-25(19-30(28)48-34)38-32(44)27-10-6-5-9-26(27)29-21-43-17-18-47-36(43)40-29/h2-19,21,31H,20H2,1H3,(H,38,44)(H,41,45). The zero-order valence-corrected chi connectivity index (χ0v) is 27.1. The highest BCUT2D eigenvalue weighted by molar-refractivity contribution is 7.20. The number of hydrogen-bond acceptors (Lipinski definition) is 7. The number of aromatic nitrogens is 3. The van der Waals surface area contributed by atoms with Gasteiger partial charge >= 0.3 is 0 Å². The van der Waals surface area contributed by atoms with Crippen LogP contribution in [0.3, 0.4) is 0 Å². The summed E-state index contributed by atoms with van der Waals surface area (Å²) in [4.78, 5) is 52.1. The van der Waals surface area contributed by atoms with Crippen LogP contribution in [0.4, 0.5) is 10.1 Å². The van der Waals surface area contributed by atoms with Gasteiger partial charge in [0.1, 0.15) is 11.9 Å². The van der Waals surface area contributed by atoms with E-state index in [1.54, 1.807) is 67.7 Å². The van der Waals surface area contributed by atoms with Crippen LogP contribution in [-0.4, -0.2) is 44.0 Å². The number of rotatable bonds is 9. The molecule has 7 rings (SSSR count). The molecule has 2 N–H and O–H groups in total. The molecule has 12 heteroatoms. The Balaban J connectivity index is 1.09. The number of nitrogens with one attached hydrogen (secondary N) is 2. The topological polar surface area (TPSA) is 109 Å². The Labute approximate surface area is 282 Å². The Morgan fingerprint density at radius 3 is 2.48 bits per heavy atom. The number of carbonyl (C=O) groups is 3. The smallest absolute Gasteiger partial charge is 0.281 e. The molecule has 4 aromatic carbocycles. The summed E-state index contributed by atoms with van der Waals surface area (Å²) < 4.78 is 16.0. The molecule has 0 bridgehead atoms. The van der Waals surface area contributed by atoms with Gasteiger partial charge in [0.25, 0.3) is 11.8 Å². The molecule has 3 amide bonds. The van der Waals surface area contributed by atoms with Crippen molar-refractivity contribution in [1.29, 1.82) is 0 Å². The van der Waals surface area contributed by atoms with Crippen molar-refractivity contribution in [3.63, 3.8) is 0 Å². The molecule has 1 unspecified atom stereocenters. The first-order valence-electron chi connectivity index (χ1n) is 14.9. The summed E-state index contributed by atoms with van der Waals surface area (Å²) in [5, 5.41) is 7.96. The van der Waals surface area contributed by atoms with E-state index >= 15 is 0 Å². The van der Waals surface area contributed by atoms with E-state index in [1.165, 1.54) is 28.4 Å². The maximum Gasteiger partial charge on any atom is 0.281 e. The average molecular weight is 675 g/mol. The highest BCUT2D eigenvalue weighted by Crippen LogP contribution is 2.29. The number of carbonyl (C=O) groups excluding carboxylic acids is 3. The summed E-state index contributed by atoms with van der Waals surface area (Å²) >= 11 is 2.68. The van der Waals surface area contributed by atoms with E-state index in [0.29, 0.717) is 32.7 Å². The lowest BCUT2D eigenvalue weighted by molar-refractivity contribution is -0.132. The van der Waals surface area contributed by atoms with E-state index in [-0.39, 0.29) is 29.2 Å². The molecule has 0 aliphatic heterocycles. The van der Waals surface area contributed by atoms with Crippen molar-refractivity contribution in [3.05, 3.63) is 142 Å². The van der Waals surface area contributed by atoms with Crippen LogP contribution in [0.5, 0.6) is 0 Å². The summed E-state index contributed by atoms with van der Waals surface area (Å²) in [5.41, 5.74) is 4.40. The number of halogens is 1. The normalized spacial score (nSPS) is 11.8. The molecule has 238 valence electrons. The van der Waals surface area contributed by atoms with Gasteiger partial charge in [0.2, 0.25) is 5.91 Å². The van der Waals surface area contributed by atoms with Crippen LogP contribution in [-0.2, 0) is 11.3 Å². The predicted molar refractivity (Wildman–Crippen MR) is 186 cm³/mol. The summed E-state index contributed by atoms with van der Waals surface area (Å²) in [7, 11) is 1.64. The van der Waals surface area contributed by atoms with Gasteiger partial charge in [-0.2, -0.15) is 0 Å². The van der Waals surface area contributed by atoms with Crippen LogP contribution < -0.4 is 10.6 Å². The first kappa shape index (κ1) is 30.9. The molecule has 3 aromatic heterocycles. The molecule has 0 saturated heterocycles. The second-order valence-corrected chi connectivity index (χ2v) is 13.0. The third-order valence-corrected chi connectivity index (χ3v) is 9.53. The molecule has 0 fully saturated rings. The molecule has 3 heterocycles. The molecular formula is C36H27FN6O3S2. The fraction of sp³-hybridized carbons (Fsp3) is 0.0833. The van der Waals surface area contributed by atoms with Crippen molar-refractivity contribution in [2.45, 2.75) is 12.6 Å². The molecule has 0 aliphatic carbocycles. The second kappa shape index (κ2) is 13.2. The monoisotopic (exact) mass is 674 g/mol. The third kappa shape index (κ3) is 6.43.